The van der Waals surface area contributed by atoms with Gasteiger partial charge in [-0.15, -0.1) is 0 Å². The van der Waals surface area contributed by atoms with Crippen LogP contribution in [0.15, 0.2) is 47.1 Å². The summed E-state index contributed by atoms with van der Waals surface area (Å²) in [7, 11) is 0. The van der Waals surface area contributed by atoms with Crippen LogP contribution >= 0.6 is 0 Å². The third-order valence-electron chi connectivity index (χ3n) is 3.90. The summed E-state index contributed by atoms with van der Waals surface area (Å²) in [5.74, 6) is 0.334. The summed E-state index contributed by atoms with van der Waals surface area (Å²) in [5.41, 5.74) is 1.69. The van der Waals surface area contributed by atoms with Gasteiger partial charge in [0.05, 0.1) is 6.26 Å². The van der Waals surface area contributed by atoms with Crippen molar-refractivity contribution in [2.24, 2.45) is 5.92 Å². The van der Waals surface area contributed by atoms with Crippen molar-refractivity contribution in [2.75, 3.05) is 5.32 Å². The highest BCUT2D eigenvalue weighted by molar-refractivity contribution is 6.02. The molecule has 1 aromatic carbocycles. The van der Waals surface area contributed by atoms with Crippen LogP contribution in [-0.4, -0.2) is 11.8 Å². The molecule has 114 valence electrons. The lowest BCUT2D eigenvalue weighted by Gasteiger charge is -2.24. The molecule has 1 aliphatic carbocycles. The van der Waals surface area contributed by atoms with E-state index in [2.05, 4.69) is 10.6 Å². The van der Waals surface area contributed by atoms with E-state index in [1.165, 1.54) is 6.26 Å². The fourth-order valence-corrected chi connectivity index (χ4v) is 2.31. The maximum atomic E-state index is 11.8. The number of carbonyl (C=O) groups is 2. The van der Waals surface area contributed by atoms with Crippen LogP contribution in [0, 0.1) is 5.92 Å². The van der Waals surface area contributed by atoms with Crippen LogP contribution in [0.4, 0.5) is 5.69 Å². The third-order valence-corrected chi connectivity index (χ3v) is 3.90. The van der Waals surface area contributed by atoms with Crippen molar-refractivity contribution < 1.29 is 14.0 Å². The number of hydrogen-bond donors (Lipinski definition) is 2. The minimum Gasteiger partial charge on any atom is -0.459 e. The average Bonchev–Trinajstić information content (AvgIpc) is 2.99. The average molecular weight is 298 g/mol. The van der Waals surface area contributed by atoms with Gasteiger partial charge in [0.15, 0.2) is 5.76 Å². The number of furan rings is 1. The van der Waals surface area contributed by atoms with E-state index < -0.39 is 0 Å². The number of benzene rings is 1. The Morgan fingerprint density at radius 3 is 2.50 bits per heavy atom. The highest BCUT2D eigenvalue weighted by Crippen LogP contribution is 2.26. The number of carbonyl (C=O) groups excluding carboxylic acids is 2. The first-order valence-electron chi connectivity index (χ1n) is 7.44. The van der Waals surface area contributed by atoms with E-state index in [1.54, 1.807) is 12.1 Å². The molecule has 1 saturated carbocycles. The van der Waals surface area contributed by atoms with E-state index in [4.69, 9.17) is 4.42 Å². The van der Waals surface area contributed by atoms with Gasteiger partial charge >= 0.3 is 0 Å². The predicted octanol–water partition coefficient (Wildman–Crippen LogP) is 2.95. The molecule has 2 N–H and O–H groups in total. The van der Waals surface area contributed by atoms with Crippen LogP contribution in [0.25, 0.3) is 0 Å². The van der Waals surface area contributed by atoms with Crippen LogP contribution in [0.1, 0.15) is 35.4 Å². The van der Waals surface area contributed by atoms with Gasteiger partial charge in [0.1, 0.15) is 0 Å². The third kappa shape index (κ3) is 3.36. The number of nitrogens with one attached hydrogen (secondary N) is 2. The number of hydrogen-bond acceptors (Lipinski definition) is 3. The summed E-state index contributed by atoms with van der Waals surface area (Å²) in [6.07, 6.45) is 4.62. The lowest BCUT2D eigenvalue weighted by molar-refractivity contribution is -0.127. The first-order chi connectivity index (χ1) is 10.7. The molecule has 0 bridgehead atoms. The SMILES string of the molecule is O=C(Nc1ccc(CNC(=O)C2CCC2)cc1)c1ccco1. The van der Waals surface area contributed by atoms with Crippen LogP contribution in [0.5, 0.6) is 0 Å². The highest BCUT2D eigenvalue weighted by Gasteiger charge is 2.24. The Labute approximate surface area is 128 Å². The number of anilines is 1. The van der Waals surface area contributed by atoms with Gasteiger partial charge in [-0.1, -0.05) is 18.6 Å². The largest absolute Gasteiger partial charge is 0.459 e. The Hall–Kier alpha value is -2.56. The molecule has 5 nitrogen and oxygen atoms in total. The molecule has 1 fully saturated rings. The Kier molecular flexibility index (Phi) is 4.23. The molecule has 2 amide bonds. The van der Waals surface area contributed by atoms with Crippen molar-refractivity contribution in [1.82, 2.24) is 5.32 Å². The highest BCUT2D eigenvalue weighted by atomic mass is 16.3. The fraction of sp³-hybridized carbons (Fsp3) is 0.294. The van der Waals surface area contributed by atoms with E-state index in [9.17, 15) is 9.59 Å². The minimum atomic E-state index is -0.281. The summed E-state index contributed by atoms with van der Waals surface area (Å²) >= 11 is 0. The maximum Gasteiger partial charge on any atom is 0.291 e. The van der Waals surface area contributed by atoms with E-state index in [-0.39, 0.29) is 23.5 Å². The van der Waals surface area contributed by atoms with Crippen LogP contribution in [0.3, 0.4) is 0 Å². The quantitative estimate of drug-likeness (QED) is 0.891. The summed E-state index contributed by atoms with van der Waals surface area (Å²) < 4.78 is 5.04. The first-order valence-corrected chi connectivity index (χ1v) is 7.44. The van der Waals surface area contributed by atoms with E-state index >= 15 is 0 Å². The van der Waals surface area contributed by atoms with Gasteiger partial charge in [0.25, 0.3) is 5.91 Å². The summed E-state index contributed by atoms with van der Waals surface area (Å²) in [4.78, 5) is 23.6. The van der Waals surface area contributed by atoms with Gasteiger partial charge in [-0.3, -0.25) is 9.59 Å². The maximum absolute atomic E-state index is 11.8. The second-order valence-corrected chi connectivity index (χ2v) is 5.47. The van der Waals surface area contributed by atoms with Crippen molar-refractivity contribution in [3.8, 4) is 0 Å². The second kappa shape index (κ2) is 6.47. The number of rotatable bonds is 5. The van der Waals surface area contributed by atoms with E-state index in [0.717, 1.165) is 24.8 Å². The molecular formula is C17H18N2O3. The molecule has 0 saturated heterocycles. The van der Waals surface area contributed by atoms with E-state index in [0.29, 0.717) is 12.2 Å². The van der Waals surface area contributed by atoms with Crippen LogP contribution in [0.2, 0.25) is 0 Å². The first kappa shape index (κ1) is 14.4. The van der Waals surface area contributed by atoms with Crippen molar-refractivity contribution in [3.63, 3.8) is 0 Å². The zero-order valence-corrected chi connectivity index (χ0v) is 12.2. The molecule has 0 aliphatic heterocycles. The molecule has 0 atom stereocenters. The molecule has 1 aliphatic rings. The fourth-order valence-electron chi connectivity index (χ4n) is 2.31. The molecule has 3 rings (SSSR count). The molecule has 1 aromatic heterocycles. The van der Waals surface area contributed by atoms with Gasteiger partial charge < -0.3 is 15.1 Å². The second-order valence-electron chi connectivity index (χ2n) is 5.47. The van der Waals surface area contributed by atoms with Gasteiger partial charge in [-0.2, -0.15) is 0 Å². The lowest BCUT2D eigenvalue weighted by Crippen LogP contribution is -2.33. The van der Waals surface area contributed by atoms with Gasteiger partial charge in [0.2, 0.25) is 5.91 Å². The van der Waals surface area contributed by atoms with Crippen molar-refractivity contribution in [1.29, 1.82) is 0 Å². The van der Waals surface area contributed by atoms with Crippen molar-refractivity contribution in [2.45, 2.75) is 25.8 Å². The molecule has 0 unspecified atom stereocenters. The topological polar surface area (TPSA) is 71.3 Å². The smallest absolute Gasteiger partial charge is 0.291 e. The molecule has 1 heterocycles. The normalized spacial score (nSPS) is 14.2. The molecule has 2 aromatic rings. The van der Waals surface area contributed by atoms with Gasteiger partial charge in [-0.05, 0) is 42.7 Å². The van der Waals surface area contributed by atoms with Crippen molar-refractivity contribution in [3.05, 3.63) is 54.0 Å². The zero-order chi connectivity index (χ0) is 15.4. The molecule has 22 heavy (non-hydrogen) atoms. The summed E-state index contributed by atoms with van der Waals surface area (Å²) in [6.45, 7) is 0.516. The number of amides is 2. The molecule has 0 radical (unpaired) electrons. The van der Waals surface area contributed by atoms with Crippen molar-refractivity contribution >= 4 is 17.5 Å². The van der Waals surface area contributed by atoms with Crippen LogP contribution in [-0.2, 0) is 11.3 Å². The summed E-state index contributed by atoms with van der Waals surface area (Å²) in [6, 6.07) is 10.7. The van der Waals surface area contributed by atoms with Crippen LogP contribution < -0.4 is 10.6 Å². The zero-order valence-electron chi connectivity index (χ0n) is 12.2. The Morgan fingerprint density at radius 1 is 1.14 bits per heavy atom. The summed E-state index contributed by atoms with van der Waals surface area (Å²) in [5, 5.41) is 5.70. The standard InChI is InChI=1S/C17H18N2O3/c20-16(13-3-1-4-13)18-11-12-6-8-14(9-7-12)19-17(21)15-5-2-10-22-15/h2,5-10,13H,1,3-4,11H2,(H,18,20)(H,19,21). The predicted molar refractivity (Wildman–Crippen MR) is 82.3 cm³/mol. The van der Waals surface area contributed by atoms with Gasteiger partial charge in [0, 0.05) is 18.2 Å². The Bertz CT molecular complexity index is 643. The van der Waals surface area contributed by atoms with Gasteiger partial charge in [-0.25, -0.2) is 0 Å². The Balaban J connectivity index is 1.51. The monoisotopic (exact) mass is 298 g/mol. The Morgan fingerprint density at radius 2 is 1.91 bits per heavy atom. The molecular weight excluding hydrogens is 280 g/mol. The molecule has 5 heteroatoms. The minimum absolute atomic E-state index is 0.140. The molecule has 0 spiro atoms. The lowest BCUT2D eigenvalue weighted by atomic mass is 9.85. The van der Waals surface area contributed by atoms with E-state index in [1.807, 2.05) is 24.3 Å².